The summed E-state index contributed by atoms with van der Waals surface area (Å²) in [6.45, 7) is 3.34. The van der Waals surface area contributed by atoms with Gasteiger partial charge < -0.3 is 10.2 Å². The molecule has 2 atom stereocenters. The molecular weight excluding hydrogens is 233 g/mol. The number of carbonyl (C=O) groups is 1. The molecule has 1 aromatic rings. The van der Waals surface area contributed by atoms with Gasteiger partial charge in [-0.25, -0.2) is 14.2 Å². The topological polar surface area (TPSA) is 70.4 Å². The molecule has 1 rings (SSSR count). The maximum Gasteiger partial charge on any atom is 0.338 e. The number of carboxylic acid groups (broad SMARTS) is 1. The number of aromatic nitrogens is 1. The molecule has 0 aliphatic carbocycles. The Hall–Kier alpha value is -1.14. The minimum Gasteiger partial charge on any atom is -0.478 e. The lowest BCUT2D eigenvalue weighted by molar-refractivity contribution is 0.0691. The number of thioether (sulfide) groups is 1. The van der Waals surface area contributed by atoms with E-state index >= 15 is 0 Å². The highest BCUT2D eigenvalue weighted by atomic mass is 32.2. The van der Waals surface area contributed by atoms with Gasteiger partial charge >= 0.3 is 5.97 Å². The lowest BCUT2D eigenvalue weighted by atomic mass is 10.3. The van der Waals surface area contributed by atoms with E-state index in [1.54, 1.807) is 13.8 Å². The molecule has 0 saturated heterocycles. The summed E-state index contributed by atoms with van der Waals surface area (Å²) in [5.74, 6) is -1.92. The van der Waals surface area contributed by atoms with Crippen LogP contribution in [0.3, 0.4) is 0 Å². The third kappa shape index (κ3) is 3.18. The maximum atomic E-state index is 12.8. The van der Waals surface area contributed by atoms with Crippen LogP contribution in [0.1, 0.15) is 24.2 Å². The van der Waals surface area contributed by atoms with Gasteiger partial charge in [0.25, 0.3) is 0 Å². The van der Waals surface area contributed by atoms with E-state index in [4.69, 9.17) is 5.11 Å². The van der Waals surface area contributed by atoms with E-state index in [9.17, 15) is 14.3 Å². The smallest absolute Gasteiger partial charge is 0.338 e. The minimum atomic E-state index is -1.23. The number of hydrogen-bond donors (Lipinski definition) is 2. The Morgan fingerprint density at radius 3 is 2.69 bits per heavy atom. The summed E-state index contributed by atoms with van der Waals surface area (Å²) in [4.78, 5) is 14.6. The summed E-state index contributed by atoms with van der Waals surface area (Å²) in [6.07, 6.45) is 0.363. The van der Waals surface area contributed by atoms with E-state index in [0.29, 0.717) is 0 Å². The van der Waals surface area contributed by atoms with Crippen molar-refractivity contribution in [3.8, 4) is 0 Å². The van der Waals surface area contributed by atoms with E-state index in [1.807, 2.05) is 0 Å². The van der Waals surface area contributed by atoms with Crippen LogP contribution in [0.15, 0.2) is 17.3 Å². The third-order valence-electron chi connectivity index (χ3n) is 2.03. The first-order valence-electron chi connectivity index (χ1n) is 4.65. The fourth-order valence-electron chi connectivity index (χ4n) is 0.948. The van der Waals surface area contributed by atoms with E-state index < -0.39 is 17.9 Å². The molecule has 1 aromatic heterocycles. The first kappa shape index (κ1) is 12.9. The third-order valence-corrected chi connectivity index (χ3v) is 3.34. The van der Waals surface area contributed by atoms with Gasteiger partial charge in [-0.05, 0) is 13.0 Å². The van der Waals surface area contributed by atoms with Gasteiger partial charge in [-0.15, -0.1) is 0 Å². The summed E-state index contributed by atoms with van der Waals surface area (Å²) >= 11 is 1.11. The summed E-state index contributed by atoms with van der Waals surface area (Å²) < 4.78 is 12.8. The molecule has 88 valence electrons. The Morgan fingerprint density at radius 2 is 2.19 bits per heavy atom. The average molecular weight is 245 g/mol. The Balaban J connectivity index is 2.99. The Labute approximate surface area is 96.5 Å². The molecule has 2 N–H and O–H groups in total. The number of pyridine rings is 1. The van der Waals surface area contributed by atoms with E-state index in [1.165, 1.54) is 0 Å². The number of rotatable bonds is 4. The number of nitrogens with zero attached hydrogens (tertiary/aromatic N) is 1. The van der Waals surface area contributed by atoms with Crippen LogP contribution in [-0.4, -0.2) is 32.5 Å². The predicted molar refractivity (Wildman–Crippen MR) is 58.2 cm³/mol. The zero-order valence-corrected chi connectivity index (χ0v) is 9.66. The van der Waals surface area contributed by atoms with Crippen molar-refractivity contribution in [2.75, 3.05) is 0 Å². The van der Waals surface area contributed by atoms with Gasteiger partial charge in [0, 0.05) is 5.25 Å². The quantitative estimate of drug-likeness (QED) is 0.791. The fraction of sp³-hybridized carbons (Fsp3) is 0.400. The van der Waals surface area contributed by atoms with Gasteiger partial charge in [0.2, 0.25) is 0 Å². The zero-order chi connectivity index (χ0) is 12.3. The Kier molecular flexibility index (Phi) is 4.26. The molecule has 0 bridgehead atoms. The number of aliphatic hydroxyl groups is 1. The monoisotopic (exact) mass is 245 g/mol. The molecule has 0 saturated carbocycles. The summed E-state index contributed by atoms with van der Waals surface area (Å²) in [5, 5.41) is 18.2. The first-order chi connectivity index (χ1) is 7.41. The molecule has 0 aliphatic rings. The molecule has 2 unspecified atom stereocenters. The molecular formula is C10H12FNO3S. The molecule has 1 heterocycles. The van der Waals surface area contributed by atoms with Crippen LogP contribution in [0, 0.1) is 5.82 Å². The molecule has 0 aliphatic heterocycles. The van der Waals surface area contributed by atoms with Gasteiger partial charge in [0.15, 0.2) is 0 Å². The van der Waals surface area contributed by atoms with Gasteiger partial charge in [-0.3, -0.25) is 0 Å². The Morgan fingerprint density at radius 1 is 1.56 bits per heavy atom. The SMILES string of the molecule is CC(O)C(C)Sc1ncc(F)cc1C(=O)O. The van der Waals surface area contributed by atoms with Crippen LogP contribution in [0.2, 0.25) is 0 Å². The van der Waals surface area contributed by atoms with Gasteiger partial charge in [-0.2, -0.15) is 0 Å². The summed E-state index contributed by atoms with van der Waals surface area (Å²) in [5.41, 5.74) is -0.183. The zero-order valence-electron chi connectivity index (χ0n) is 8.85. The molecule has 16 heavy (non-hydrogen) atoms. The summed E-state index contributed by atoms with van der Waals surface area (Å²) in [7, 11) is 0. The number of hydrogen-bond acceptors (Lipinski definition) is 4. The second-order valence-corrected chi connectivity index (χ2v) is 4.74. The fourth-order valence-corrected chi connectivity index (χ4v) is 1.88. The Bertz CT molecular complexity index is 398. The van der Waals surface area contributed by atoms with Gasteiger partial charge in [0.05, 0.1) is 17.9 Å². The lowest BCUT2D eigenvalue weighted by Gasteiger charge is -2.14. The lowest BCUT2D eigenvalue weighted by Crippen LogP contribution is -2.16. The standard InChI is InChI=1S/C10H12FNO3S/c1-5(13)6(2)16-9-8(10(14)15)3-7(11)4-12-9/h3-6,13H,1-2H3,(H,14,15). The molecule has 0 spiro atoms. The van der Waals surface area contributed by atoms with Crippen LogP contribution >= 0.6 is 11.8 Å². The normalized spacial score (nSPS) is 14.5. The van der Waals surface area contributed by atoms with Crippen molar-refractivity contribution in [3.63, 3.8) is 0 Å². The molecule has 0 fully saturated rings. The highest BCUT2D eigenvalue weighted by Crippen LogP contribution is 2.26. The van der Waals surface area contributed by atoms with E-state index in [-0.39, 0.29) is 15.8 Å². The maximum absolute atomic E-state index is 12.8. The number of aromatic carboxylic acids is 1. The van der Waals surface area contributed by atoms with Gasteiger partial charge in [0.1, 0.15) is 10.8 Å². The summed E-state index contributed by atoms with van der Waals surface area (Å²) in [6, 6.07) is 0.923. The molecule has 0 aromatic carbocycles. The van der Waals surface area contributed by atoms with Crippen molar-refractivity contribution in [1.29, 1.82) is 0 Å². The van der Waals surface area contributed by atoms with Crippen LogP contribution in [0.4, 0.5) is 4.39 Å². The van der Waals surface area contributed by atoms with Crippen molar-refractivity contribution in [1.82, 2.24) is 4.98 Å². The van der Waals surface area contributed by atoms with E-state index in [2.05, 4.69) is 4.98 Å². The van der Waals surface area contributed by atoms with Crippen molar-refractivity contribution in [3.05, 3.63) is 23.6 Å². The highest BCUT2D eigenvalue weighted by Gasteiger charge is 2.18. The van der Waals surface area contributed by atoms with Crippen LogP contribution in [0.25, 0.3) is 0 Å². The molecule has 0 amide bonds. The van der Waals surface area contributed by atoms with Crippen LogP contribution < -0.4 is 0 Å². The van der Waals surface area contributed by atoms with Gasteiger partial charge in [-0.1, -0.05) is 18.7 Å². The largest absolute Gasteiger partial charge is 0.478 e. The van der Waals surface area contributed by atoms with Crippen molar-refractivity contribution >= 4 is 17.7 Å². The number of halogens is 1. The second kappa shape index (κ2) is 5.27. The molecule has 4 nitrogen and oxygen atoms in total. The number of aliphatic hydroxyl groups excluding tert-OH is 1. The predicted octanol–water partition coefficient (Wildman–Crippen LogP) is 1.78. The average Bonchev–Trinajstić information content (AvgIpc) is 2.20. The van der Waals surface area contributed by atoms with Crippen molar-refractivity contribution < 1.29 is 19.4 Å². The van der Waals surface area contributed by atoms with Crippen molar-refractivity contribution in [2.24, 2.45) is 0 Å². The van der Waals surface area contributed by atoms with Crippen LogP contribution in [-0.2, 0) is 0 Å². The van der Waals surface area contributed by atoms with Crippen molar-refractivity contribution in [2.45, 2.75) is 30.2 Å². The second-order valence-electron chi connectivity index (χ2n) is 3.37. The number of carboxylic acids is 1. The highest BCUT2D eigenvalue weighted by molar-refractivity contribution is 8.00. The van der Waals surface area contributed by atoms with Crippen LogP contribution in [0.5, 0.6) is 0 Å². The van der Waals surface area contributed by atoms with E-state index in [0.717, 1.165) is 24.0 Å². The molecule has 6 heteroatoms. The molecule has 0 radical (unpaired) electrons. The minimum absolute atomic E-state index is 0.183. The first-order valence-corrected chi connectivity index (χ1v) is 5.53.